The number of ketones is 1. The Kier molecular flexibility index (Phi) is 9.75. The second-order valence-corrected chi connectivity index (χ2v) is 10.5. The Labute approximate surface area is 242 Å². The van der Waals surface area contributed by atoms with Crippen molar-refractivity contribution in [2.45, 2.75) is 12.5 Å². The first kappa shape index (κ1) is 29.8. The van der Waals surface area contributed by atoms with Crippen molar-refractivity contribution in [3.05, 3.63) is 89.8 Å². The van der Waals surface area contributed by atoms with Gasteiger partial charge in [0.2, 0.25) is 5.91 Å². The molecule has 0 bridgehead atoms. The van der Waals surface area contributed by atoms with Crippen LogP contribution < -0.4 is 19.9 Å². The molecule has 1 aromatic heterocycles. The first-order chi connectivity index (χ1) is 19.7. The van der Waals surface area contributed by atoms with Crippen LogP contribution in [0, 0.1) is 0 Å². The summed E-state index contributed by atoms with van der Waals surface area (Å²) in [6, 6.07) is 15.0. The Morgan fingerprint density at radius 2 is 1.78 bits per heavy atom. The molecule has 2 aromatic carbocycles. The number of rotatable bonds is 13. The lowest BCUT2D eigenvalue weighted by atomic mass is 10.00. The predicted octanol–water partition coefficient (Wildman–Crippen LogP) is 3.87. The molecule has 0 saturated carbocycles. The van der Waals surface area contributed by atoms with Gasteiger partial charge in [0.1, 0.15) is 5.75 Å². The minimum absolute atomic E-state index is 0.0673. The second kappa shape index (κ2) is 13.4. The van der Waals surface area contributed by atoms with E-state index in [1.807, 2.05) is 63.6 Å². The topological polar surface area (TPSA) is 87.2 Å². The van der Waals surface area contributed by atoms with E-state index in [2.05, 4.69) is 31.6 Å². The molecule has 4 rings (SSSR count). The first-order valence-corrected chi connectivity index (χ1v) is 13.6. The van der Waals surface area contributed by atoms with Crippen LogP contribution in [0.5, 0.6) is 5.75 Å². The molecular weight excluding hydrogens is 518 g/mol. The molecule has 0 radical (unpaired) electrons. The molecule has 0 aliphatic carbocycles. The van der Waals surface area contributed by atoms with E-state index in [4.69, 9.17) is 9.47 Å². The van der Waals surface area contributed by atoms with Gasteiger partial charge in [0.25, 0.3) is 0 Å². The van der Waals surface area contributed by atoms with E-state index in [0.29, 0.717) is 34.7 Å². The van der Waals surface area contributed by atoms with Gasteiger partial charge in [0.05, 0.1) is 24.6 Å². The highest BCUT2D eigenvalue weighted by atomic mass is 16.5. The molecule has 0 unspecified atom stereocenters. The van der Waals surface area contributed by atoms with E-state index in [1.54, 1.807) is 26.5 Å². The molecule has 216 valence electrons. The number of hydrogen-bond acceptors (Lipinski definition) is 8. The average Bonchev–Trinajstić information content (AvgIpc) is 2.95. The maximum atomic E-state index is 13.3. The molecule has 1 saturated heterocycles. The maximum absolute atomic E-state index is 13.3. The van der Waals surface area contributed by atoms with Gasteiger partial charge in [-0.25, -0.2) is 0 Å². The van der Waals surface area contributed by atoms with E-state index in [0.717, 1.165) is 43.1 Å². The molecule has 1 amide bonds. The molecule has 9 nitrogen and oxygen atoms in total. The van der Waals surface area contributed by atoms with Crippen LogP contribution >= 0.6 is 0 Å². The van der Waals surface area contributed by atoms with Crippen LogP contribution in [0.15, 0.2) is 67.4 Å². The summed E-state index contributed by atoms with van der Waals surface area (Å²) in [5, 5.41) is 2.93. The fraction of sp³-hybridized carbons (Fsp3) is 0.344. The van der Waals surface area contributed by atoms with Crippen LogP contribution in [0.2, 0.25) is 0 Å². The molecule has 41 heavy (non-hydrogen) atoms. The van der Waals surface area contributed by atoms with Crippen LogP contribution in [-0.2, 0) is 16.0 Å². The lowest BCUT2D eigenvalue weighted by Crippen LogP contribution is -2.51. The van der Waals surface area contributed by atoms with Crippen molar-refractivity contribution in [2.24, 2.45) is 0 Å². The summed E-state index contributed by atoms with van der Waals surface area (Å²) in [6.07, 6.45) is 3.58. The summed E-state index contributed by atoms with van der Waals surface area (Å²) >= 11 is 0. The Balaban J connectivity index is 1.56. The molecule has 0 atom stereocenters. The van der Waals surface area contributed by atoms with Gasteiger partial charge >= 0.3 is 0 Å². The molecule has 1 N–H and O–H groups in total. The van der Waals surface area contributed by atoms with Crippen LogP contribution in [0.1, 0.15) is 27.2 Å². The number of pyridine rings is 1. The summed E-state index contributed by atoms with van der Waals surface area (Å²) in [5.41, 5.74) is 5.29. The third-order valence-electron chi connectivity index (χ3n) is 7.26. The molecule has 3 aromatic rings. The highest BCUT2D eigenvalue weighted by molar-refractivity contribution is 6.09. The number of nitrogens with zero attached hydrogens (tertiary/aromatic N) is 4. The zero-order chi connectivity index (χ0) is 29.5. The van der Waals surface area contributed by atoms with Crippen molar-refractivity contribution < 1.29 is 19.1 Å². The lowest BCUT2D eigenvalue weighted by Gasteiger charge is -2.40. The van der Waals surface area contributed by atoms with Crippen molar-refractivity contribution in [3.8, 4) is 5.75 Å². The highest BCUT2D eigenvalue weighted by Gasteiger charge is 2.26. The van der Waals surface area contributed by atoms with Crippen molar-refractivity contribution >= 4 is 28.8 Å². The zero-order valence-corrected chi connectivity index (χ0v) is 24.5. The summed E-state index contributed by atoms with van der Waals surface area (Å²) in [5.74, 6) is 0.305. The van der Waals surface area contributed by atoms with Gasteiger partial charge < -0.3 is 29.5 Å². The van der Waals surface area contributed by atoms with Gasteiger partial charge in [-0.05, 0) is 62.6 Å². The third-order valence-corrected chi connectivity index (χ3v) is 7.26. The average molecular weight is 558 g/mol. The highest BCUT2D eigenvalue weighted by Crippen LogP contribution is 2.35. The molecule has 1 aliphatic rings. The molecule has 9 heteroatoms. The van der Waals surface area contributed by atoms with Gasteiger partial charge in [-0.3, -0.25) is 14.6 Å². The van der Waals surface area contributed by atoms with Crippen molar-refractivity contribution in [1.29, 1.82) is 0 Å². The standard InChI is InChI=1S/C32H39N5O4/c1-7-31(38)34-28-18-24(30(41-6)19-29(28)36(4)15-14-35(2)3)17-25-16-23(12-13-33-25)32(39)22-8-10-26(11-9-22)37-20-27(21-37)40-5/h7-13,16,18-19,27H,1,14-15,17,20-21H2,2-6H3,(H,34,38). The monoisotopic (exact) mass is 557 g/mol. The largest absolute Gasteiger partial charge is 0.496 e. The number of amides is 1. The third kappa shape index (κ3) is 7.31. The summed E-state index contributed by atoms with van der Waals surface area (Å²) < 4.78 is 11.1. The number of aromatic nitrogens is 1. The van der Waals surface area contributed by atoms with Crippen molar-refractivity contribution in [1.82, 2.24) is 9.88 Å². The Morgan fingerprint density at radius 1 is 1.05 bits per heavy atom. The number of benzene rings is 2. The van der Waals surface area contributed by atoms with Gasteiger partial charge in [-0.2, -0.15) is 0 Å². The number of carbonyl (C=O) groups excluding carboxylic acids is 2. The number of anilines is 3. The first-order valence-electron chi connectivity index (χ1n) is 13.6. The van der Waals surface area contributed by atoms with Gasteiger partial charge in [0.15, 0.2) is 5.78 Å². The maximum Gasteiger partial charge on any atom is 0.247 e. The summed E-state index contributed by atoms with van der Waals surface area (Å²) in [6.45, 7) is 6.89. The van der Waals surface area contributed by atoms with Crippen LogP contribution in [0.3, 0.4) is 0 Å². The number of nitrogens with one attached hydrogen (secondary N) is 1. The molecule has 0 spiro atoms. The normalized spacial score (nSPS) is 13.1. The predicted molar refractivity (Wildman–Crippen MR) is 164 cm³/mol. The minimum atomic E-state index is -0.298. The van der Waals surface area contributed by atoms with Crippen molar-refractivity contribution in [3.63, 3.8) is 0 Å². The number of likely N-dealkylation sites (N-methyl/N-ethyl adjacent to an activating group) is 2. The lowest BCUT2D eigenvalue weighted by molar-refractivity contribution is -0.111. The second-order valence-electron chi connectivity index (χ2n) is 10.5. The minimum Gasteiger partial charge on any atom is -0.496 e. The summed E-state index contributed by atoms with van der Waals surface area (Å²) in [4.78, 5) is 36.5. The summed E-state index contributed by atoms with van der Waals surface area (Å²) in [7, 11) is 9.36. The van der Waals surface area contributed by atoms with Gasteiger partial charge in [0, 0.05) is 87.1 Å². The zero-order valence-electron chi connectivity index (χ0n) is 24.5. The van der Waals surface area contributed by atoms with E-state index in [9.17, 15) is 9.59 Å². The van der Waals surface area contributed by atoms with Crippen LogP contribution in [0.4, 0.5) is 17.1 Å². The Bertz CT molecular complexity index is 1380. The SMILES string of the molecule is C=CC(=O)Nc1cc(Cc2cc(C(=O)c3ccc(N4CC(OC)C4)cc3)ccn2)c(OC)cc1N(C)CCN(C)C. The molecule has 1 aliphatic heterocycles. The smallest absolute Gasteiger partial charge is 0.247 e. The number of methoxy groups -OCH3 is 2. The Morgan fingerprint density at radius 3 is 2.41 bits per heavy atom. The van der Waals surface area contributed by atoms with Crippen molar-refractivity contribution in [2.75, 3.05) is 76.7 Å². The number of carbonyl (C=O) groups is 2. The quantitative estimate of drug-likeness (QED) is 0.250. The number of hydrogen-bond donors (Lipinski definition) is 1. The van der Waals surface area contributed by atoms with Crippen LogP contribution in [-0.4, -0.2) is 89.2 Å². The Hall–Kier alpha value is -4.21. The van der Waals surface area contributed by atoms with E-state index in [1.165, 1.54) is 6.08 Å². The molecule has 2 heterocycles. The van der Waals surface area contributed by atoms with Gasteiger partial charge in [-0.15, -0.1) is 0 Å². The van der Waals surface area contributed by atoms with Crippen LogP contribution in [0.25, 0.3) is 0 Å². The van der Waals surface area contributed by atoms with Gasteiger partial charge in [-0.1, -0.05) is 6.58 Å². The van der Waals surface area contributed by atoms with E-state index >= 15 is 0 Å². The fourth-order valence-electron chi connectivity index (χ4n) is 4.71. The molecule has 1 fully saturated rings. The number of ether oxygens (including phenoxy) is 2. The van der Waals surface area contributed by atoms with E-state index in [-0.39, 0.29) is 17.8 Å². The fourth-order valence-corrected chi connectivity index (χ4v) is 4.71. The van der Waals surface area contributed by atoms with E-state index < -0.39 is 0 Å². The molecular formula is C32H39N5O4.